The lowest BCUT2D eigenvalue weighted by atomic mass is 10.1. The van der Waals surface area contributed by atoms with E-state index >= 15 is 0 Å². The van der Waals surface area contributed by atoms with E-state index in [0.717, 1.165) is 16.7 Å². The van der Waals surface area contributed by atoms with Gasteiger partial charge in [0.2, 0.25) is 0 Å². The summed E-state index contributed by atoms with van der Waals surface area (Å²) in [6.45, 7) is 1.15. The molecule has 3 aromatic rings. The SMILES string of the molecule is O=C(NO)c1ccc2ccn(CCOc3ccncc3)c2c1. The van der Waals surface area contributed by atoms with Crippen molar-refractivity contribution in [1.29, 1.82) is 0 Å². The van der Waals surface area contributed by atoms with Crippen molar-refractivity contribution >= 4 is 16.8 Å². The van der Waals surface area contributed by atoms with Crippen molar-refractivity contribution in [2.75, 3.05) is 6.61 Å². The Kier molecular flexibility index (Phi) is 4.02. The minimum Gasteiger partial charge on any atom is -0.492 e. The molecule has 0 saturated carbocycles. The second kappa shape index (κ2) is 6.28. The highest BCUT2D eigenvalue weighted by Crippen LogP contribution is 2.18. The molecule has 0 aliphatic rings. The van der Waals surface area contributed by atoms with Gasteiger partial charge in [0.25, 0.3) is 5.91 Å². The monoisotopic (exact) mass is 297 g/mol. The van der Waals surface area contributed by atoms with E-state index in [1.165, 1.54) is 0 Å². The largest absolute Gasteiger partial charge is 0.492 e. The molecule has 0 spiro atoms. The summed E-state index contributed by atoms with van der Waals surface area (Å²) in [5.41, 5.74) is 2.97. The van der Waals surface area contributed by atoms with Gasteiger partial charge in [-0.15, -0.1) is 0 Å². The lowest BCUT2D eigenvalue weighted by molar-refractivity contribution is 0.0706. The van der Waals surface area contributed by atoms with Crippen LogP contribution in [0.4, 0.5) is 0 Å². The molecule has 0 aliphatic carbocycles. The maximum Gasteiger partial charge on any atom is 0.274 e. The molecule has 0 saturated heterocycles. The van der Waals surface area contributed by atoms with Crippen LogP contribution in [0.25, 0.3) is 10.9 Å². The number of pyridine rings is 1. The first kappa shape index (κ1) is 14.1. The summed E-state index contributed by atoms with van der Waals surface area (Å²) in [5, 5.41) is 9.74. The van der Waals surface area contributed by atoms with Gasteiger partial charge < -0.3 is 9.30 Å². The Morgan fingerprint density at radius 3 is 2.82 bits per heavy atom. The molecule has 0 atom stereocenters. The van der Waals surface area contributed by atoms with Gasteiger partial charge in [0.1, 0.15) is 12.4 Å². The fourth-order valence-corrected chi connectivity index (χ4v) is 2.28. The van der Waals surface area contributed by atoms with Crippen LogP contribution in [0.2, 0.25) is 0 Å². The summed E-state index contributed by atoms with van der Waals surface area (Å²) >= 11 is 0. The number of hydrogen-bond acceptors (Lipinski definition) is 4. The Morgan fingerprint density at radius 2 is 2.05 bits per heavy atom. The molecular formula is C16H15N3O3. The molecule has 3 rings (SSSR count). The highest BCUT2D eigenvalue weighted by atomic mass is 16.5. The first-order valence-corrected chi connectivity index (χ1v) is 6.84. The summed E-state index contributed by atoms with van der Waals surface area (Å²) in [6, 6.07) is 10.8. The van der Waals surface area contributed by atoms with Gasteiger partial charge in [-0.3, -0.25) is 15.0 Å². The quantitative estimate of drug-likeness (QED) is 0.559. The number of aromatic nitrogens is 2. The van der Waals surface area contributed by atoms with E-state index in [1.807, 2.05) is 22.9 Å². The van der Waals surface area contributed by atoms with Crippen molar-refractivity contribution in [1.82, 2.24) is 15.0 Å². The van der Waals surface area contributed by atoms with Crippen LogP contribution in [0.5, 0.6) is 5.75 Å². The highest BCUT2D eigenvalue weighted by molar-refractivity contribution is 5.97. The fourth-order valence-electron chi connectivity index (χ4n) is 2.28. The summed E-state index contributed by atoms with van der Waals surface area (Å²) in [5.74, 6) is 0.245. The second-order valence-electron chi connectivity index (χ2n) is 4.76. The van der Waals surface area contributed by atoms with E-state index < -0.39 is 5.91 Å². The minimum absolute atomic E-state index is 0.407. The molecule has 2 heterocycles. The van der Waals surface area contributed by atoms with Crippen molar-refractivity contribution in [3.63, 3.8) is 0 Å². The molecule has 0 aliphatic heterocycles. The van der Waals surface area contributed by atoms with Gasteiger partial charge >= 0.3 is 0 Å². The maximum absolute atomic E-state index is 11.5. The maximum atomic E-state index is 11.5. The molecule has 6 nitrogen and oxygen atoms in total. The van der Waals surface area contributed by atoms with E-state index in [9.17, 15) is 4.79 Å². The van der Waals surface area contributed by atoms with Crippen LogP contribution < -0.4 is 10.2 Å². The Bertz CT molecular complexity index is 784. The second-order valence-corrected chi connectivity index (χ2v) is 4.76. The Morgan fingerprint density at radius 1 is 1.23 bits per heavy atom. The van der Waals surface area contributed by atoms with Gasteiger partial charge in [-0.05, 0) is 35.7 Å². The third kappa shape index (κ3) is 2.91. The smallest absolute Gasteiger partial charge is 0.274 e. The average Bonchev–Trinajstić information content (AvgIpc) is 2.97. The van der Waals surface area contributed by atoms with Crippen molar-refractivity contribution < 1.29 is 14.7 Å². The topological polar surface area (TPSA) is 76.4 Å². The van der Waals surface area contributed by atoms with Gasteiger partial charge in [-0.1, -0.05) is 6.07 Å². The van der Waals surface area contributed by atoms with Crippen molar-refractivity contribution in [3.8, 4) is 5.75 Å². The van der Waals surface area contributed by atoms with E-state index in [-0.39, 0.29) is 0 Å². The number of nitrogens with one attached hydrogen (secondary N) is 1. The van der Waals surface area contributed by atoms with Gasteiger partial charge in [0, 0.05) is 29.7 Å². The lowest BCUT2D eigenvalue weighted by Gasteiger charge is -2.08. The number of carbonyl (C=O) groups is 1. The third-order valence-corrected chi connectivity index (χ3v) is 3.39. The zero-order valence-electron chi connectivity index (χ0n) is 11.8. The predicted molar refractivity (Wildman–Crippen MR) is 80.9 cm³/mol. The van der Waals surface area contributed by atoms with Crippen LogP contribution >= 0.6 is 0 Å². The summed E-state index contributed by atoms with van der Waals surface area (Å²) in [4.78, 5) is 15.4. The predicted octanol–water partition coefficient (Wildman–Crippen LogP) is 2.23. The first-order valence-electron chi connectivity index (χ1n) is 6.84. The summed E-state index contributed by atoms with van der Waals surface area (Å²) < 4.78 is 7.65. The molecule has 2 aromatic heterocycles. The van der Waals surface area contributed by atoms with Gasteiger partial charge in [-0.2, -0.15) is 0 Å². The van der Waals surface area contributed by atoms with Crippen LogP contribution in [0.3, 0.4) is 0 Å². The molecule has 0 radical (unpaired) electrons. The third-order valence-electron chi connectivity index (χ3n) is 3.39. The van der Waals surface area contributed by atoms with Crippen molar-refractivity contribution in [2.45, 2.75) is 6.54 Å². The molecule has 22 heavy (non-hydrogen) atoms. The number of ether oxygens (including phenoxy) is 1. The normalized spacial score (nSPS) is 10.6. The van der Waals surface area contributed by atoms with Crippen LogP contribution in [0, 0.1) is 0 Å². The Labute approximate surface area is 126 Å². The van der Waals surface area contributed by atoms with Gasteiger partial charge in [-0.25, -0.2) is 5.48 Å². The van der Waals surface area contributed by atoms with Crippen LogP contribution in [-0.2, 0) is 6.54 Å². The fraction of sp³-hybridized carbons (Fsp3) is 0.125. The lowest BCUT2D eigenvalue weighted by Crippen LogP contribution is -2.18. The standard InChI is InChI=1S/C16H15N3O3/c20-16(18-21)13-2-1-12-5-8-19(15(12)11-13)9-10-22-14-3-6-17-7-4-14/h1-8,11,21H,9-10H2,(H,18,20). The van der Waals surface area contributed by atoms with E-state index in [1.54, 1.807) is 42.1 Å². The highest BCUT2D eigenvalue weighted by Gasteiger charge is 2.07. The molecule has 1 amide bonds. The number of nitrogens with zero attached hydrogens (tertiary/aromatic N) is 2. The summed E-state index contributed by atoms with van der Waals surface area (Å²) in [7, 11) is 0. The number of fused-ring (bicyclic) bond motifs is 1. The summed E-state index contributed by atoms with van der Waals surface area (Å²) in [6.07, 6.45) is 5.31. The Hall–Kier alpha value is -2.86. The molecule has 0 fully saturated rings. The number of carbonyl (C=O) groups excluding carboxylic acids is 1. The molecule has 6 heteroatoms. The minimum atomic E-state index is -0.525. The van der Waals surface area contributed by atoms with Crippen molar-refractivity contribution in [2.24, 2.45) is 0 Å². The molecule has 0 unspecified atom stereocenters. The Balaban J connectivity index is 1.74. The number of amides is 1. The number of rotatable bonds is 5. The number of hydroxylamine groups is 1. The molecule has 1 aromatic carbocycles. The number of benzene rings is 1. The average molecular weight is 297 g/mol. The first-order chi connectivity index (χ1) is 10.8. The molecule has 0 bridgehead atoms. The van der Waals surface area contributed by atoms with Gasteiger partial charge in [0.15, 0.2) is 0 Å². The van der Waals surface area contributed by atoms with E-state index in [0.29, 0.717) is 18.7 Å². The zero-order valence-corrected chi connectivity index (χ0v) is 11.8. The van der Waals surface area contributed by atoms with Crippen molar-refractivity contribution in [3.05, 3.63) is 60.6 Å². The van der Waals surface area contributed by atoms with Crippen LogP contribution in [-0.4, -0.2) is 27.3 Å². The van der Waals surface area contributed by atoms with Crippen LogP contribution in [0.15, 0.2) is 55.0 Å². The van der Waals surface area contributed by atoms with Gasteiger partial charge in [0.05, 0.1) is 6.54 Å². The number of hydrogen-bond donors (Lipinski definition) is 2. The van der Waals surface area contributed by atoms with Crippen LogP contribution in [0.1, 0.15) is 10.4 Å². The van der Waals surface area contributed by atoms with E-state index in [4.69, 9.17) is 9.94 Å². The molecular weight excluding hydrogens is 282 g/mol. The zero-order chi connectivity index (χ0) is 15.4. The molecule has 112 valence electrons. The van der Waals surface area contributed by atoms with E-state index in [2.05, 4.69) is 4.98 Å². The molecule has 2 N–H and O–H groups in total.